The maximum absolute atomic E-state index is 13.1. The molecular formula is C12H13FN2O2S2. The lowest BCUT2D eigenvalue weighted by Crippen LogP contribution is -2.26. The topological polar surface area (TPSA) is 72.2 Å². The van der Waals surface area contributed by atoms with Gasteiger partial charge in [0.25, 0.3) is 10.0 Å². The molecule has 3 N–H and O–H groups in total. The van der Waals surface area contributed by atoms with Crippen molar-refractivity contribution < 1.29 is 12.8 Å². The van der Waals surface area contributed by atoms with E-state index in [1.807, 2.05) is 0 Å². The number of rotatable bonds is 4. The maximum Gasteiger partial charge on any atom is 0.250 e. The van der Waals surface area contributed by atoms with Crippen molar-refractivity contribution in [2.45, 2.75) is 17.2 Å². The van der Waals surface area contributed by atoms with Gasteiger partial charge in [0, 0.05) is 17.1 Å². The fraction of sp³-hybridized carbons (Fsp3) is 0.167. The van der Waals surface area contributed by atoms with Crippen LogP contribution >= 0.6 is 11.3 Å². The van der Waals surface area contributed by atoms with Gasteiger partial charge in [-0.15, -0.1) is 11.3 Å². The molecule has 0 bridgehead atoms. The highest BCUT2D eigenvalue weighted by atomic mass is 32.2. The van der Waals surface area contributed by atoms with Gasteiger partial charge >= 0.3 is 0 Å². The molecule has 19 heavy (non-hydrogen) atoms. The van der Waals surface area contributed by atoms with Gasteiger partial charge in [-0.2, -0.15) is 0 Å². The normalized spacial score (nSPS) is 13.4. The second-order valence-electron chi connectivity index (χ2n) is 4.10. The van der Waals surface area contributed by atoms with Gasteiger partial charge < -0.3 is 5.73 Å². The van der Waals surface area contributed by atoms with Crippen LogP contribution in [-0.4, -0.2) is 8.42 Å². The van der Waals surface area contributed by atoms with Gasteiger partial charge in [0.15, 0.2) is 0 Å². The Labute approximate surface area is 115 Å². The van der Waals surface area contributed by atoms with Crippen molar-refractivity contribution in [3.8, 4) is 0 Å². The number of thiophene rings is 1. The molecule has 0 spiro atoms. The average molecular weight is 300 g/mol. The summed E-state index contributed by atoms with van der Waals surface area (Å²) in [6, 6.07) is 6.69. The van der Waals surface area contributed by atoms with E-state index >= 15 is 0 Å². The van der Waals surface area contributed by atoms with Gasteiger partial charge in [-0.1, -0.05) is 12.1 Å². The molecule has 0 aliphatic carbocycles. The van der Waals surface area contributed by atoms with Crippen molar-refractivity contribution in [1.82, 2.24) is 4.72 Å². The van der Waals surface area contributed by atoms with Crippen molar-refractivity contribution in [2.75, 3.05) is 5.73 Å². The lowest BCUT2D eigenvalue weighted by atomic mass is 10.1. The number of sulfonamides is 1. The Balaban J connectivity index is 2.21. The lowest BCUT2D eigenvalue weighted by Gasteiger charge is -2.13. The fourth-order valence-electron chi connectivity index (χ4n) is 1.61. The van der Waals surface area contributed by atoms with Crippen LogP contribution in [0.15, 0.2) is 39.9 Å². The minimum atomic E-state index is -3.63. The third-order valence-corrected chi connectivity index (χ3v) is 5.54. The van der Waals surface area contributed by atoms with E-state index in [1.165, 1.54) is 18.2 Å². The van der Waals surface area contributed by atoms with E-state index in [9.17, 15) is 12.8 Å². The molecule has 1 aromatic carbocycles. The van der Waals surface area contributed by atoms with E-state index in [-0.39, 0.29) is 4.21 Å². The standard InChI is InChI=1S/C12H13FN2O2S2/c1-8(9-3-2-4-10(13)5-9)15-19(16,17)12-6-11(14)7-18-12/h2-8,15H,14H2,1H3. The Bertz CT molecular complexity index is 683. The lowest BCUT2D eigenvalue weighted by molar-refractivity contribution is 0.566. The monoisotopic (exact) mass is 300 g/mol. The van der Waals surface area contributed by atoms with E-state index in [0.29, 0.717) is 11.3 Å². The Morgan fingerprint density at radius 1 is 1.37 bits per heavy atom. The highest BCUT2D eigenvalue weighted by Crippen LogP contribution is 2.24. The summed E-state index contributed by atoms with van der Waals surface area (Å²) < 4.78 is 39.9. The van der Waals surface area contributed by atoms with Gasteiger partial charge in [0.2, 0.25) is 0 Å². The Hall–Kier alpha value is -1.44. The largest absolute Gasteiger partial charge is 0.398 e. The van der Waals surface area contributed by atoms with Crippen LogP contribution in [0.1, 0.15) is 18.5 Å². The number of nitrogens with two attached hydrogens (primary N) is 1. The molecule has 2 aromatic rings. The summed E-state index contributed by atoms with van der Waals surface area (Å²) in [5.74, 6) is -0.399. The van der Waals surface area contributed by atoms with Gasteiger partial charge in [-0.3, -0.25) is 0 Å². The minimum Gasteiger partial charge on any atom is -0.398 e. The predicted molar refractivity (Wildman–Crippen MR) is 73.9 cm³/mol. The molecule has 0 saturated heterocycles. The van der Waals surface area contributed by atoms with E-state index in [4.69, 9.17) is 5.73 Å². The molecule has 0 amide bonds. The van der Waals surface area contributed by atoms with Crippen LogP contribution in [0.25, 0.3) is 0 Å². The third kappa shape index (κ3) is 3.31. The Morgan fingerprint density at radius 2 is 2.11 bits per heavy atom. The van der Waals surface area contributed by atoms with Crippen molar-refractivity contribution in [3.63, 3.8) is 0 Å². The second kappa shape index (κ2) is 5.28. The number of nitrogen functional groups attached to an aromatic ring is 1. The number of anilines is 1. The summed E-state index contributed by atoms with van der Waals surface area (Å²) in [5, 5.41) is 1.56. The first-order chi connectivity index (χ1) is 8.88. The van der Waals surface area contributed by atoms with Crippen LogP contribution in [0, 0.1) is 5.82 Å². The van der Waals surface area contributed by atoms with Gasteiger partial charge in [0.1, 0.15) is 10.0 Å². The molecule has 1 unspecified atom stereocenters. The molecule has 0 radical (unpaired) electrons. The van der Waals surface area contributed by atoms with Gasteiger partial charge in [-0.25, -0.2) is 17.5 Å². The molecular weight excluding hydrogens is 287 g/mol. The molecule has 102 valence electrons. The van der Waals surface area contributed by atoms with Crippen molar-refractivity contribution >= 4 is 27.0 Å². The highest BCUT2D eigenvalue weighted by Gasteiger charge is 2.20. The van der Waals surface area contributed by atoms with Crippen LogP contribution in [0.4, 0.5) is 10.1 Å². The fourth-order valence-corrected chi connectivity index (χ4v) is 3.93. The summed E-state index contributed by atoms with van der Waals surface area (Å²) in [6.45, 7) is 1.66. The van der Waals surface area contributed by atoms with Crippen LogP contribution < -0.4 is 10.5 Å². The number of benzene rings is 1. The van der Waals surface area contributed by atoms with Crippen LogP contribution in [0.5, 0.6) is 0 Å². The van der Waals surface area contributed by atoms with Crippen LogP contribution in [0.2, 0.25) is 0 Å². The number of hydrogen-bond donors (Lipinski definition) is 2. The molecule has 1 atom stereocenters. The summed E-state index contributed by atoms with van der Waals surface area (Å²) in [7, 11) is -3.63. The number of hydrogen-bond acceptors (Lipinski definition) is 4. The summed E-state index contributed by atoms with van der Waals surface area (Å²) in [4.78, 5) is 0. The molecule has 0 fully saturated rings. The molecule has 1 heterocycles. The number of nitrogens with one attached hydrogen (secondary N) is 1. The SMILES string of the molecule is CC(NS(=O)(=O)c1cc(N)cs1)c1cccc(F)c1. The smallest absolute Gasteiger partial charge is 0.250 e. The first kappa shape index (κ1) is 14.0. The van der Waals surface area contributed by atoms with Crippen LogP contribution in [0.3, 0.4) is 0 Å². The molecule has 0 aliphatic rings. The number of halogens is 1. The second-order valence-corrected chi connectivity index (χ2v) is 6.95. The van der Waals surface area contributed by atoms with Crippen molar-refractivity contribution in [2.24, 2.45) is 0 Å². The molecule has 4 nitrogen and oxygen atoms in total. The maximum atomic E-state index is 13.1. The molecule has 0 saturated carbocycles. The van der Waals surface area contributed by atoms with E-state index < -0.39 is 21.9 Å². The highest BCUT2D eigenvalue weighted by molar-refractivity contribution is 7.91. The van der Waals surface area contributed by atoms with E-state index in [1.54, 1.807) is 24.4 Å². The average Bonchev–Trinajstić information content (AvgIpc) is 2.76. The summed E-state index contributed by atoms with van der Waals surface area (Å²) in [5.41, 5.74) is 6.48. The van der Waals surface area contributed by atoms with E-state index in [0.717, 1.165) is 11.3 Å². The van der Waals surface area contributed by atoms with E-state index in [2.05, 4.69) is 4.72 Å². The Kier molecular flexibility index (Phi) is 3.88. The first-order valence-corrected chi connectivity index (χ1v) is 7.86. The quantitative estimate of drug-likeness (QED) is 0.911. The third-order valence-electron chi connectivity index (χ3n) is 2.54. The van der Waals surface area contributed by atoms with Crippen molar-refractivity contribution in [3.05, 3.63) is 47.1 Å². The first-order valence-electron chi connectivity index (χ1n) is 5.50. The molecule has 7 heteroatoms. The Morgan fingerprint density at radius 3 is 2.68 bits per heavy atom. The summed E-state index contributed by atoms with van der Waals surface area (Å²) >= 11 is 1.05. The van der Waals surface area contributed by atoms with Crippen LogP contribution in [-0.2, 0) is 10.0 Å². The van der Waals surface area contributed by atoms with Gasteiger partial charge in [0.05, 0.1) is 0 Å². The zero-order valence-corrected chi connectivity index (χ0v) is 11.8. The zero-order valence-electron chi connectivity index (χ0n) is 10.1. The zero-order chi connectivity index (χ0) is 14.0. The molecule has 0 aliphatic heterocycles. The minimum absolute atomic E-state index is 0.147. The molecule has 1 aromatic heterocycles. The van der Waals surface area contributed by atoms with Gasteiger partial charge in [-0.05, 0) is 30.7 Å². The molecule has 2 rings (SSSR count). The van der Waals surface area contributed by atoms with Crippen molar-refractivity contribution in [1.29, 1.82) is 0 Å². The summed E-state index contributed by atoms with van der Waals surface area (Å²) in [6.07, 6.45) is 0. The predicted octanol–water partition coefficient (Wildman–Crippen LogP) is 2.51.